The van der Waals surface area contributed by atoms with Gasteiger partial charge in [-0.05, 0) is 59.3 Å². The fourth-order valence-electron chi connectivity index (χ4n) is 2.23. The Morgan fingerprint density at radius 1 is 1.25 bits per heavy atom. The van der Waals surface area contributed by atoms with E-state index in [4.69, 9.17) is 0 Å². The molecule has 1 unspecified atom stereocenters. The minimum absolute atomic E-state index is 0.0197. The van der Waals surface area contributed by atoms with Gasteiger partial charge in [-0.1, -0.05) is 28.1 Å². The summed E-state index contributed by atoms with van der Waals surface area (Å²) >= 11 is 5.72. The van der Waals surface area contributed by atoms with Crippen molar-refractivity contribution in [3.8, 4) is 0 Å². The van der Waals surface area contributed by atoms with Gasteiger partial charge in [-0.2, -0.15) is 0 Å². The van der Waals surface area contributed by atoms with Crippen molar-refractivity contribution in [1.82, 2.24) is 0 Å². The molecule has 0 bridgehead atoms. The van der Waals surface area contributed by atoms with Crippen molar-refractivity contribution in [2.45, 2.75) is 13.0 Å². The molecule has 2 N–H and O–H groups in total. The van der Waals surface area contributed by atoms with E-state index in [9.17, 15) is 4.79 Å². The summed E-state index contributed by atoms with van der Waals surface area (Å²) in [5.74, 6) is -0.0197. The molecule has 1 atom stereocenters. The van der Waals surface area contributed by atoms with E-state index in [2.05, 4.69) is 68.2 Å². The Hall–Kier alpha value is -1.08. The highest BCUT2D eigenvalue weighted by Gasteiger charge is 2.30. The molecule has 20 heavy (non-hydrogen) atoms. The number of carbonyl (C=O) groups is 1. The molecule has 0 saturated heterocycles. The molecule has 0 saturated carbocycles. The Balaban J connectivity index is 1.92. The minimum atomic E-state index is -0.336. The molecular weight excluding hydrogens is 431 g/mol. The summed E-state index contributed by atoms with van der Waals surface area (Å²) in [5.41, 5.74) is 4.03. The Kier molecular flexibility index (Phi) is 3.72. The Morgan fingerprint density at radius 3 is 2.80 bits per heavy atom. The maximum atomic E-state index is 12.1. The summed E-state index contributed by atoms with van der Waals surface area (Å²) in [7, 11) is 0. The highest BCUT2D eigenvalue weighted by atomic mass is 127. The zero-order valence-corrected chi connectivity index (χ0v) is 14.4. The predicted octanol–water partition coefficient (Wildman–Crippen LogP) is 4.47. The average Bonchev–Trinajstić information content (AvgIpc) is 2.69. The van der Waals surface area contributed by atoms with E-state index >= 15 is 0 Å². The second kappa shape index (κ2) is 5.37. The lowest BCUT2D eigenvalue weighted by molar-refractivity contribution is -0.116. The Labute approximate surface area is 139 Å². The van der Waals surface area contributed by atoms with Gasteiger partial charge in [-0.15, -0.1) is 0 Å². The van der Waals surface area contributed by atoms with Crippen LogP contribution in [0.4, 0.5) is 11.4 Å². The van der Waals surface area contributed by atoms with Crippen LogP contribution in [0.1, 0.15) is 17.2 Å². The van der Waals surface area contributed by atoms with Crippen LogP contribution < -0.4 is 10.6 Å². The number of fused-ring (bicyclic) bond motifs is 1. The lowest BCUT2D eigenvalue weighted by atomic mass is 10.1. The third-order valence-electron chi connectivity index (χ3n) is 3.33. The number of rotatable bonds is 2. The number of benzene rings is 2. The van der Waals surface area contributed by atoms with Crippen LogP contribution in [0.15, 0.2) is 40.9 Å². The van der Waals surface area contributed by atoms with E-state index in [0.717, 1.165) is 21.4 Å². The molecule has 102 valence electrons. The van der Waals surface area contributed by atoms with Crippen molar-refractivity contribution in [2.75, 3.05) is 10.6 Å². The van der Waals surface area contributed by atoms with Crippen LogP contribution in [0.25, 0.3) is 0 Å². The van der Waals surface area contributed by atoms with Crippen molar-refractivity contribution in [1.29, 1.82) is 0 Å². The number of aryl methyl sites for hydroxylation is 1. The van der Waals surface area contributed by atoms with Gasteiger partial charge in [0.05, 0.1) is 0 Å². The van der Waals surface area contributed by atoms with Gasteiger partial charge < -0.3 is 10.6 Å². The number of amides is 1. The zero-order chi connectivity index (χ0) is 14.3. The van der Waals surface area contributed by atoms with Gasteiger partial charge in [0.1, 0.15) is 6.04 Å². The normalized spacial score (nSPS) is 16.8. The number of carbonyl (C=O) groups excluding carboxylic acids is 1. The molecule has 0 aromatic heterocycles. The molecule has 5 heteroatoms. The average molecular weight is 443 g/mol. The van der Waals surface area contributed by atoms with Crippen LogP contribution in [0, 0.1) is 10.5 Å². The number of anilines is 2. The molecule has 1 aliphatic rings. The van der Waals surface area contributed by atoms with Crippen LogP contribution in [-0.2, 0) is 4.79 Å². The first-order valence-corrected chi connectivity index (χ1v) is 8.05. The summed E-state index contributed by atoms with van der Waals surface area (Å²) in [5, 5.41) is 6.20. The van der Waals surface area contributed by atoms with Crippen LogP contribution in [-0.4, -0.2) is 5.91 Å². The van der Waals surface area contributed by atoms with Crippen LogP contribution >= 0.6 is 38.5 Å². The molecule has 1 amide bonds. The first kappa shape index (κ1) is 13.9. The third-order valence-corrected chi connectivity index (χ3v) is 4.98. The maximum absolute atomic E-state index is 12.1. The van der Waals surface area contributed by atoms with Gasteiger partial charge in [0.25, 0.3) is 5.91 Å². The molecular formula is C15H12BrIN2O. The molecule has 0 aliphatic carbocycles. The lowest BCUT2D eigenvalue weighted by Crippen LogP contribution is -2.19. The topological polar surface area (TPSA) is 41.1 Å². The first-order valence-electron chi connectivity index (χ1n) is 6.17. The van der Waals surface area contributed by atoms with E-state index in [1.165, 1.54) is 9.13 Å². The molecule has 2 aromatic rings. The lowest BCUT2D eigenvalue weighted by Gasteiger charge is -2.14. The molecule has 3 rings (SSSR count). The van der Waals surface area contributed by atoms with Crippen LogP contribution in [0.2, 0.25) is 0 Å². The number of hydrogen-bond acceptors (Lipinski definition) is 2. The maximum Gasteiger partial charge on any atom is 0.251 e. The Morgan fingerprint density at radius 2 is 2.05 bits per heavy atom. The predicted molar refractivity (Wildman–Crippen MR) is 93.0 cm³/mol. The fraction of sp³-hybridized carbons (Fsp3) is 0.133. The van der Waals surface area contributed by atoms with E-state index in [-0.39, 0.29) is 11.9 Å². The van der Waals surface area contributed by atoms with E-state index in [1.807, 2.05) is 24.3 Å². The standard InChI is InChI=1S/C15H12BrIN2O/c1-8-2-4-10(7-12(8)17)18-14-11-5-3-9(16)6-13(11)19-15(14)20/h2-7,14,18H,1H3,(H,19,20). The number of hydrogen-bond donors (Lipinski definition) is 2. The molecule has 0 fully saturated rings. The SMILES string of the molecule is Cc1ccc(NC2C(=O)Nc3cc(Br)ccc32)cc1I. The van der Waals surface area contributed by atoms with Crippen molar-refractivity contribution < 1.29 is 4.79 Å². The van der Waals surface area contributed by atoms with E-state index in [0.29, 0.717) is 0 Å². The molecule has 0 spiro atoms. The second-order valence-electron chi connectivity index (χ2n) is 4.76. The fourth-order valence-corrected chi connectivity index (χ4v) is 3.10. The number of nitrogens with one attached hydrogen (secondary N) is 2. The molecule has 3 nitrogen and oxygen atoms in total. The minimum Gasteiger partial charge on any atom is -0.370 e. The summed E-state index contributed by atoms with van der Waals surface area (Å²) in [4.78, 5) is 12.1. The van der Waals surface area contributed by atoms with Gasteiger partial charge in [0.15, 0.2) is 0 Å². The quantitative estimate of drug-likeness (QED) is 0.674. The highest BCUT2D eigenvalue weighted by molar-refractivity contribution is 14.1. The van der Waals surface area contributed by atoms with E-state index in [1.54, 1.807) is 0 Å². The van der Waals surface area contributed by atoms with Crippen molar-refractivity contribution in [2.24, 2.45) is 0 Å². The molecule has 0 radical (unpaired) electrons. The van der Waals surface area contributed by atoms with Gasteiger partial charge in [0.2, 0.25) is 0 Å². The third kappa shape index (κ3) is 2.56. The van der Waals surface area contributed by atoms with Gasteiger partial charge >= 0.3 is 0 Å². The second-order valence-corrected chi connectivity index (χ2v) is 6.84. The molecule has 1 heterocycles. The van der Waals surface area contributed by atoms with Crippen molar-refractivity contribution >= 4 is 55.8 Å². The summed E-state index contributed by atoms with van der Waals surface area (Å²) < 4.78 is 2.14. The van der Waals surface area contributed by atoms with Gasteiger partial charge in [0, 0.05) is 25.0 Å². The largest absolute Gasteiger partial charge is 0.370 e. The van der Waals surface area contributed by atoms with Crippen molar-refractivity contribution in [3.05, 3.63) is 55.6 Å². The summed E-state index contributed by atoms with van der Waals surface area (Å²) in [6.07, 6.45) is 0. The van der Waals surface area contributed by atoms with Crippen LogP contribution in [0.5, 0.6) is 0 Å². The summed E-state index contributed by atoms with van der Waals surface area (Å²) in [6, 6.07) is 11.6. The van der Waals surface area contributed by atoms with E-state index < -0.39 is 0 Å². The first-order chi connectivity index (χ1) is 9.54. The Bertz CT molecular complexity index is 702. The van der Waals surface area contributed by atoms with Gasteiger partial charge in [-0.3, -0.25) is 4.79 Å². The van der Waals surface area contributed by atoms with Gasteiger partial charge in [-0.25, -0.2) is 0 Å². The molecule has 1 aliphatic heterocycles. The van der Waals surface area contributed by atoms with Crippen molar-refractivity contribution in [3.63, 3.8) is 0 Å². The van der Waals surface area contributed by atoms with Crippen LogP contribution in [0.3, 0.4) is 0 Å². The summed E-state index contributed by atoms with van der Waals surface area (Å²) in [6.45, 7) is 2.07. The monoisotopic (exact) mass is 442 g/mol. The number of halogens is 2. The molecule has 2 aromatic carbocycles. The smallest absolute Gasteiger partial charge is 0.251 e. The highest BCUT2D eigenvalue weighted by Crippen LogP contribution is 2.35. The zero-order valence-electron chi connectivity index (χ0n) is 10.7.